The van der Waals surface area contributed by atoms with E-state index in [9.17, 15) is 24.5 Å². The molecule has 0 spiro atoms. The molecule has 11 heteroatoms. The average molecular weight is 431 g/mol. The number of hydrogen-bond acceptors (Lipinski definition) is 8. The van der Waals surface area contributed by atoms with E-state index in [-0.39, 0.29) is 17.0 Å². The molecule has 2 aromatic rings. The summed E-state index contributed by atoms with van der Waals surface area (Å²) in [6.07, 6.45) is 0.720. The van der Waals surface area contributed by atoms with Crippen molar-refractivity contribution in [3.8, 4) is 5.75 Å². The van der Waals surface area contributed by atoms with Crippen molar-refractivity contribution in [2.45, 2.75) is 13.3 Å². The molecule has 1 saturated heterocycles. The number of H-pyrrole nitrogens is 1. The fraction of sp³-hybridized carbons (Fsp3) is 0.450. The van der Waals surface area contributed by atoms with Gasteiger partial charge in [-0.25, -0.2) is 4.79 Å². The SMILES string of the molecule is CC(=O)c1cc([N+](=O)[O-])ccc1OCCCN1CCN(c2cc(=O)[nH]c(=O)n2C)CC1. The van der Waals surface area contributed by atoms with Gasteiger partial charge in [-0.3, -0.25) is 34.2 Å². The van der Waals surface area contributed by atoms with Crippen LogP contribution in [-0.2, 0) is 7.05 Å². The largest absolute Gasteiger partial charge is 0.493 e. The zero-order chi connectivity index (χ0) is 22.5. The molecule has 0 saturated carbocycles. The Morgan fingerprint density at radius 2 is 1.90 bits per heavy atom. The molecule has 0 bridgehead atoms. The van der Waals surface area contributed by atoms with Gasteiger partial charge in [0.05, 0.1) is 17.1 Å². The highest BCUT2D eigenvalue weighted by atomic mass is 16.6. The Hall–Kier alpha value is -3.47. The van der Waals surface area contributed by atoms with Crippen LogP contribution in [0.4, 0.5) is 11.5 Å². The van der Waals surface area contributed by atoms with Gasteiger partial charge in [0.2, 0.25) is 0 Å². The third-order valence-corrected chi connectivity index (χ3v) is 5.26. The molecule has 0 atom stereocenters. The van der Waals surface area contributed by atoms with Crippen molar-refractivity contribution in [3.05, 3.63) is 60.8 Å². The van der Waals surface area contributed by atoms with E-state index in [0.717, 1.165) is 26.1 Å². The van der Waals surface area contributed by atoms with Crippen molar-refractivity contribution in [3.63, 3.8) is 0 Å². The number of aromatic amines is 1. The molecule has 1 aliphatic rings. The maximum absolute atomic E-state index is 11.8. The van der Waals surface area contributed by atoms with Crippen LogP contribution in [0.25, 0.3) is 0 Å². The summed E-state index contributed by atoms with van der Waals surface area (Å²) in [5.74, 6) is 0.661. The molecule has 1 aromatic heterocycles. The summed E-state index contributed by atoms with van der Waals surface area (Å²) in [5.41, 5.74) is -0.785. The van der Waals surface area contributed by atoms with Crippen molar-refractivity contribution in [2.75, 3.05) is 44.2 Å². The lowest BCUT2D eigenvalue weighted by Gasteiger charge is -2.36. The number of nitrogens with zero attached hydrogens (tertiary/aromatic N) is 4. The summed E-state index contributed by atoms with van der Waals surface area (Å²) in [5, 5.41) is 10.9. The van der Waals surface area contributed by atoms with Crippen molar-refractivity contribution < 1.29 is 14.5 Å². The number of nitrogens with one attached hydrogen (secondary N) is 1. The number of ketones is 1. The molecular formula is C20H25N5O6. The fourth-order valence-corrected chi connectivity index (χ4v) is 3.55. The number of anilines is 1. The second-order valence-corrected chi connectivity index (χ2v) is 7.38. The van der Waals surface area contributed by atoms with Crippen LogP contribution in [0.5, 0.6) is 5.75 Å². The summed E-state index contributed by atoms with van der Waals surface area (Å²) < 4.78 is 7.13. The summed E-state index contributed by atoms with van der Waals surface area (Å²) in [7, 11) is 1.63. The molecule has 1 aliphatic heterocycles. The second-order valence-electron chi connectivity index (χ2n) is 7.38. The van der Waals surface area contributed by atoms with Gasteiger partial charge in [0.25, 0.3) is 11.2 Å². The molecule has 166 valence electrons. The van der Waals surface area contributed by atoms with E-state index < -0.39 is 16.2 Å². The Kier molecular flexibility index (Phi) is 6.85. The number of hydrogen-bond donors (Lipinski definition) is 1. The van der Waals surface area contributed by atoms with Crippen LogP contribution in [0.1, 0.15) is 23.7 Å². The van der Waals surface area contributed by atoms with Gasteiger partial charge in [0.15, 0.2) is 5.78 Å². The molecule has 3 rings (SSSR count). The zero-order valence-corrected chi connectivity index (χ0v) is 17.5. The van der Waals surface area contributed by atoms with Gasteiger partial charge in [-0.2, -0.15) is 0 Å². The number of ether oxygens (including phenoxy) is 1. The first-order valence-corrected chi connectivity index (χ1v) is 9.96. The van der Waals surface area contributed by atoms with Gasteiger partial charge in [-0.1, -0.05) is 0 Å². The van der Waals surface area contributed by atoms with E-state index in [1.165, 1.54) is 35.8 Å². The standard InChI is InChI=1S/C20H25N5O6/c1-14(26)16-12-15(25(29)30)4-5-17(16)31-11-3-6-23-7-9-24(10-8-23)19-13-18(27)21-20(28)22(19)2/h4-5,12-13H,3,6-11H2,1-2H3,(H,21,27,28). The van der Waals surface area contributed by atoms with Gasteiger partial charge < -0.3 is 9.64 Å². The molecular weight excluding hydrogens is 406 g/mol. The highest BCUT2D eigenvalue weighted by Crippen LogP contribution is 2.25. The Bertz CT molecular complexity index is 1080. The normalized spacial score (nSPS) is 14.5. The van der Waals surface area contributed by atoms with Crippen LogP contribution in [0, 0.1) is 10.1 Å². The van der Waals surface area contributed by atoms with Crippen LogP contribution in [0.3, 0.4) is 0 Å². The molecule has 2 heterocycles. The van der Waals surface area contributed by atoms with Crippen LogP contribution < -0.4 is 20.9 Å². The monoisotopic (exact) mass is 431 g/mol. The lowest BCUT2D eigenvalue weighted by atomic mass is 10.1. The van der Waals surface area contributed by atoms with E-state index in [1.54, 1.807) is 7.05 Å². The third-order valence-electron chi connectivity index (χ3n) is 5.26. The Morgan fingerprint density at radius 3 is 2.55 bits per heavy atom. The molecule has 0 unspecified atom stereocenters. The number of aromatic nitrogens is 2. The molecule has 31 heavy (non-hydrogen) atoms. The minimum Gasteiger partial charge on any atom is -0.493 e. The number of rotatable bonds is 8. The van der Waals surface area contributed by atoms with Crippen LogP contribution in [0.2, 0.25) is 0 Å². The highest BCUT2D eigenvalue weighted by Gasteiger charge is 2.20. The predicted molar refractivity (Wildman–Crippen MR) is 114 cm³/mol. The topological polar surface area (TPSA) is 131 Å². The van der Waals surface area contributed by atoms with E-state index in [1.807, 2.05) is 4.90 Å². The fourth-order valence-electron chi connectivity index (χ4n) is 3.55. The summed E-state index contributed by atoms with van der Waals surface area (Å²) in [4.78, 5) is 52.0. The van der Waals surface area contributed by atoms with Gasteiger partial charge in [0.1, 0.15) is 11.6 Å². The first kappa shape index (κ1) is 22.2. The zero-order valence-electron chi connectivity index (χ0n) is 17.5. The van der Waals surface area contributed by atoms with Crippen molar-refractivity contribution in [1.29, 1.82) is 0 Å². The number of carbonyl (C=O) groups excluding carboxylic acids is 1. The lowest BCUT2D eigenvalue weighted by molar-refractivity contribution is -0.384. The van der Waals surface area contributed by atoms with Gasteiger partial charge in [-0.15, -0.1) is 0 Å². The van der Waals surface area contributed by atoms with Crippen molar-refractivity contribution >= 4 is 17.3 Å². The molecule has 11 nitrogen and oxygen atoms in total. The Morgan fingerprint density at radius 1 is 1.19 bits per heavy atom. The van der Waals surface area contributed by atoms with Gasteiger partial charge >= 0.3 is 5.69 Å². The second kappa shape index (κ2) is 9.56. The molecule has 1 aromatic carbocycles. The van der Waals surface area contributed by atoms with E-state index in [0.29, 0.717) is 31.3 Å². The minimum absolute atomic E-state index is 0.145. The first-order chi connectivity index (χ1) is 14.8. The molecule has 0 aliphatic carbocycles. The lowest BCUT2D eigenvalue weighted by Crippen LogP contribution is -2.48. The van der Waals surface area contributed by atoms with Crippen LogP contribution in [-0.4, -0.2) is 64.5 Å². The highest BCUT2D eigenvalue weighted by molar-refractivity contribution is 5.97. The van der Waals surface area contributed by atoms with Crippen LogP contribution in [0.15, 0.2) is 33.9 Å². The number of Topliss-reactive ketones (excluding diaryl/α,β-unsaturated/α-hetero) is 1. The first-order valence-electron chi connectivity index (χ1n) is 9.96. The van der Waals surface area contributed by atoms with Gasteiger partial charge in [-0.05, 0) is 19.4 Å². The predicted octanol–water partition coefficient (Wildman–Crippen LogP) is 0.776. The van der Waals surface area contributed by atoms with E-state index in [2.05, 4.69) is 9.88 Å². The summed E-state index contributed by atoms with van der Waals surface area (Å²) in [6, 6.07) is 5.45. The average Bonchev–Trinajstić information content (AvgIpc) is 2.74. The Labute approximate surface area is 178 Å². The number of nitro benzene ring substituents is 1. The quantitative estimate of drug-likeness (QED) is 0.281. The molecule has 1 N–H and O–H groups in total. The van der Waals surface area contributed by atoms with Crippen LogP contribution >= 0.6 is 0 Å². The smallest absolute Gasteiger partial charge is 0.329 e. The molecule has 0 radical (unpaired) electrons. The maximum atomic E-state index is 11.8. The number of piperazine rings is 1. The number of non-ortho nitro benzene ring substituents is 1. The molecule has 1 fully saturated rings. The van der Waals surface area contributed by atoms with E-state index >= 15 is 0 Å². The van der Waals surface area contributed by atoms with E-state index in [4.69, 9.17) is 4.74 Å². The summed E-state index contributed by atoms with van der Waals surface area (Å²) in [6.45, 7) is 5.43. The number of nitro groups is 1. The molecule has 0 amide bonds. The maximum Gasteiger partial charge on any atom is 0.329 e. The van der Waals surface area contributed by atoms with Crippen molar-refractivity contribution in [2.24, 2.45) is 7.05 Å². The number of carbonyl (C=O) groups is 1. The van der Waals surface area contributed by atoms with Crippen molar-refractivity contribution in [1.82, 2.24) is 14.5 Å². The number of benzene rings is 1. The Balaban J connectivity index is 1.49. The minimum atomic E-state index is -0.542. The third kappa shape index (κ3) is 5.37. The summed E-state index contributed by atoms with van der Waals surface area (Å²) >= 11 is 0. The van der Waals surface area contributed by atoms with Gasteiger partial charge in [0, 0.05) is 58.0 Å².